The highest BCUT2D eigenvalue weighted by atomic mass is 15.1. The highest BCUT2D eigenvalue weighted by Crippen LogP contribution is 2.13. The Hall–Kier alpha value is -0.790. The Balaban J connectivity index is 2.34. The second-order valence-corrected chi connectivity index (χ2v) is 10.6. The molecule has 1 aromatic rings. The number of unbranched alkanes of at least 4 members (excludes halogenated alkanes) is 19. The molecule has 0 saturated carbocycles. The molecule has 33 heavy (non-hydrogen) atoms. The zero-order valence-electron chi connectivity index (χ0n) is 23.2. The number of rotatable bonds is 25. The van der Waals surface area contributed by atoms with Gasteiger partial charge < -0.3 is 0 Å². The van der Waals surface area contributed by atoms with Crippen LogP contribution in [0.1, 0.15) is 168 Å². The quantitative estimate of drug-likeness (QED) is 0.101. The third kappa shape index (κ3) is 16.5. The highest BCUT2D eigenvalue weighted by Gasteiger charge is 2.16. The molecule has 0 N–H and O–H groups in total. The molecule has 0 aliphatic heterocycles. The Morgan fingerprint density at radius 3 is 1.45 bits per heavy atom. The van der Waals surface area contributed by atoms with Gasteiger partial charge in [-0.1, -0.05) is 130 Å². The van der Waals surface area contributed by atoms with Crippen LogP contribution < -0.4 is 4.57 Å². The summed E-state index contributed by atoms with van der Waals surface area (Å²) in [6, 6.07) is 0. The molecule has 0 unspecified atom stereocenters. The maximum absolute atomic E-state index is 2.61. The first kappa shape index (κ1) is 30.2. The first-order chi connectivity index (χ1) is 16.3. The second kappa shape index (κ2) is 23.0. The van der Waals surface area contributed by atoms with Crippen LogP contribution >= 0.6 is 0 Å². The van der Waals surface area contributed by atoms with Crippen molar-refractivity contribution < 1.29 is 4.57 Å². The van der Waals surface area contributed by atoms with E-state index >= 15 is 0 Å². The van der Waals surface area contributed by atoms with Crippen molar-refractivity contribution in [1.82, 2.24) is 4.57 Å². The molecule has 1 rings (SSSR count). The third-order valence-corrected chi connectivity index (χ3v) is 7.35. The fourth-order valence-electron chi connectivity index (χ4n) is 5.09. The first-order valence-corrected chi connectivity index (χ1v) is 15.4. The van der Waals surface area contributed by atoms with Gasteiger partial charge in [0.05, 0.1) is 13.1 Å². The Morgan fingerprint density at radius 2 is 0.939 bits per heavy atom. The molecule has 0 saturated heterocycles. The molecular formula is C31H61N2+. The topological polar surface area (TPSA) is 8.81 Å². The van der Waals surface area contributed by atoms with Crippen molar-refractivity contribution in [2.45, 2.75) is 182 Å². The SMILES string of the molecule is CCCCCCCCCCCCn1cc[n+](CCCCCCC)c1CCCCCCCCC. The van der Waals surface area contributed by atoms with Crippen LogP contribution in [0.3, 0.4) is 0 Å². The normalized spacial score (nSPS) is 11.5. The van der Waals surface area contributed by atoms with Crippen molar-refractivity contribution >= 4 is 0 Å². The van der Waals surface area contributed by atoms with Crippen molar-refractivity contribution in [3.8, 4) is 0 Å². The van der Waals surface area contributed by atoms with Crippen LogP contribution in [0.25, 0.3) is 0 Å². The van der Waals surface area contributed by atoms with E-state index in [1.54, 1.807) is 5.82 Å². The second-order valence-electron chi connectivity index (χ2n) is 10.6. The summed E-state index contributed by atoms with van der Waals surface area (Å²) >= 11 is 0. The molecule has 1 heterocycles. The van der Waals surface area contributed by atoms with Crippen molar-refractivity contribution in [1.29, 1.82) is 0 Å². The number of imidazole rings is 1. The number of hydrogen-bond donors (Lipinski definition) is 0. The van der Waals surface area contributed by atoms with E-state index in [9.17, 15) is 0 Å². The summed E-state index contributed by atoms with van der Waals surface area (Å²) in [5.74, 6) is 1.61. The molecule has 0 bridgehead atoms. The van der Waals surface area contributed by atoms with Gasteiger partial charge in [0.2, 0.25) is 0 Å². The molecule has 0 aliphatic rings. The predicted molar refractivity (Wildman–Crippen MR) is 147 cm³/mol. The van der Waals surface area contributed by atoms with Gasteiger partial charge in [-0.25, -0.2) is 9.13 Å². The third-order valence-electron chi connectivity index (χ3n) is 7.35. The molecule has 194 valence electrons. The van der Waals surface area contributed by atoms with E-state index in [0.29, 0.717) is 0 Å². The Bertz CT molecular complexity index is 519. The average Bonchev–Trinajstić information content (AvgIpc) is 3.21. The van der Waals surface area contributed by atoms with E-state index in [2.05, 4.69) is 42.3 Å². The van der Waals surface area contributed by atoms with E-state index in [4.69, 9.17) is 0 Å². The van der Waals surface area contributed by atoms with Crippen LogP contribution in [0.15, 0.2) is 12.4 Å². The molecule has 0 amide bonds. The molecule has 0 fully saturated rings. The number of aromatic nitrogens is 2. The van der Waals surface area contributed by atoms with Crippen molar-refractivity contribution in [2.24, 2.45) is 0 Å². The lowest BCUT2D eigenvalue weighted by Crippen LogP contribution is -2.37. The van der Waals surface area contributed by atoms with E-state index in [1.165, 1.54) is 161 Å². The highest BCUT2D eigenvalue weighted by molar-refractivity contribution is 4.84. The lowest BCUT2D eigenvalue weighted by molar-refractivity contribution is -0.704. The van der Waals surface area contributed by atoms with Gasteiger partial charge in [-0.05, 0) is 32.1 Å². The van der Waals surface area contributed by atoms with Crippen LogP contribution in [0.5, 0.6) is 0 Å². The van der Waals surface area contributed by atoms with Crippen molar-refractivity contribution in [3.05, 3.63) is 18.2 Å². The van der Waals surface area contributed by atoms with E-state index < -0.39 is 0 Å². The van der Waals surface area contributed by atoms with Gasteiger partial charge >= 0.3 is 0 Å². The van der Waals surface area contributed by atoms with Crippen LogP contribution in [0, 0.1) is 0 Å². The Morgan fingerprint density at radius 1 is 0.515 bits per heavy atom. The lowest BCUT2D eigenvalue weighted by atomic mass is 10.1. The molecule has 1 aromatic heterocycles. The smallest absolute Gasteiger partial charge is 0.234 e. The van der Waals surface area contributed by atoms with E-state index in [1.807, 2.05) is 0 Å². The molecular weight excluding hydrogens is 400 g/mol. The van der Waals surface area contributed by atoms with Gasteiger partial charge in [-0.2, -0.15) is 0 Å². The minimum Gasteiger partial charge on any atom is -0.234 e. The van der Waals surface area contributed by atoms with Gasteiger partial charge in [0.1, 0.15) is 12.4 Å². The average molecular weight is 462 g/mol. The maximum Gasteiger partial charge on any atom is 0.256 e. The monoisotopic (exact) mass is 461 g/mol. The molecule has 2 nitrogen and oxygen atoms in total. The van der Waals surface area contributed by atoms with Gasteiger partial charge in [-0.3, -0.25) is 0 Å². The predicted octanol–water partition coefficient (Wildman–Crippen LogP) is 9.96. The summed E-state index contributed by atoms with van der Waals surface area (Å²) in [7, 11) is 0. The van der Waals surface area contributed by atoms with Gasteiger partial charge in [0, 0.05) is 6.42 Å². The van der Waals surface area contributed by atoms with Crippen LogP contribution in [0.2, 0.25) is 0 Å². The molecule has 0 aliphatic carbocycles. The fourth-order valence-corrected chi connectivity index (χ4v) is 5.09. The molecule has 0 radical (unpaired) electrons. The Labute approximate surface area is 208 Å². The molecule has 0 aromatic carbocycles. The molecule has 0 spiro atoms. The summed E-state index contributed by atoms with van der Waals surface area (Å²) in [6.45, 7) is 9.37. The summed E-state index contributed by atoms with van der Waals surface area (Å²) in [6.07, 6.45) is 37.0. The standard InChI is InChI=1S/C31H61N2/c1-4-7-10-13-15-16-17-19-22-25-28-33-30-29-32(27-24-21-12-9-6-3)31(33)26-23-20-18-14-11-8-5-2/h29-30H,4-28H2,1-3H3/q+1. The van der Waals surface area contributed by atoms with Gasteiger partial charge in [0.15, 0.2) is 0 Å². The largest absolute Gasteiger partial charge is 0.256 e. The van der Waals surface area contributed by atoms with Crippen molar-refractivity contribution in [2.75, 3.05) is 0 Å². The van der Waals surface area contributed by atoms with Crippen LogP contribution in [0.4, 0.5) is 0 Å². The van der Waals surface area contributed by atoms with E-state index in [0.717, 1.165) is 0 Å². The van der Waals surface area contributed by atoms with Crippen LogP contribution in [-0.2, 0) is 19.5 Å². The van der Waals surface area contributed by atoms with Gasteiger partial charge in [-0.15, -0.1) is 0 Å². The summed E-state index contributed by atoms with van der Waals surface area (Å²) in [5, 5.41) is 0. The summed E-state index contributed by atoms with van der Waals surface area (Å²) < 4.78 is 5.20. The first-order valence-electron chi connectivity index (χ1n) is 15.4. The minimum atomic E-state index is 1.22. The Kier molecular flexibility index (Phi) is 21.1. The fraction of sp³-hybridized carbons (Fsp3) is 0.903. The van der Waals surface area contributed by atoms with Crippen molar-refractivity contribution in [3.63, 3.8) is 0 Å². The zero-order chi connectivity index (χ0) is 23.8. The van der Waals surface area contributed by atoms with Crippen LogP contribution in [-0.4, -0.2) is 4.57 Å². The maximum atomic E-state index is 2.61. The molecule has 0 atom stereocenters. The zero-order valence-corrected chi connectivity index (χ0v) is 23.2. The van der Waals surface area contributed by atoms with Gasteiger partial charge in [0.25, 0.3) is 5.82 Å². The number of nitrogens with zero attached hydrogens (tertiary/aromatic N) is 2. The summed E-state index contributed by atoms with van der Waals surface area (Å²) in [5.41, 5.74) is 0. The molecule has 2 heteroatoms. The number of aryl methyl sites for hydroxylation is 2. The van der Waals surface area contributed by atoms with E-state index in [-0.39, 0.29) is 0 Å². The minimum absolute atomic E-state index is 1.22. The lowest BCUT2D eigenvalue weighted by Gasteiger charge is -2.07. The number of hydrogen-bond acceptors (Lipinski definition) is 0. The summed E-state index contributed by atoms with van der Waals surface area (Å²) in [4.78, 5) is 0.